The molecule has 0 radical (unpaired) electrons. The van der Waals surface area contributed by atoms with Crippen molar-refractivity contribution in [2.75, 3.05) is 0 Å². The summed E-state index contributed by atoms with van der Waals surface area (Å²) in [7, 11) is 0. The summed E-state index contributed by atoms with van der Waals surface area (Å²) in [6, 6.07) is 25.2. The summed E-state index contributed by atoms with van der Waals surface area (Å²) in [6.07, 6.45) is 1.20. The molecule has 158 valence electrons. The van der Waals surface area contributed by atoms with Gasteiger partial charge in [0.25, 0.3) is 0 Å². The van der Waals surface area contributed by atoms with E-state index in [0.29, 0.717) is 13.0 Å². The van der Waals surface area contributed by atoms with Crippen LogP contribution in [0.5, 0.6) is 0 Å². The van der Waals surface area contributed by atoms with Crippen molar-refractivity contribution in [3.05, 3.63) is 99.5 Å². The number of carbonyl (C=O) groups is 1. The SMILES string of the molecule is Cc1nc(Cc2cccc3ccccc23)sc1CC(=O)N(Cc1ccccc1)C(C)C. The Morgan fingerprint density at radius 3 is 2.45 bits per heavy atom. The second-order valence-electron chi connectivity index (χ2n) is 8.21. The van der Waals surface area contributed by atoms with E-state index in [1.165, 1.54) is 16.3 Å². The fourth-order valence-corrected chi connectivity index (χ4v) is 5.00. The summed E-state index contributed by atoms with van der Waals surface area (Å²) in [6.45, 7) is 6.80. The standard InChI is InChI=1S/C27H28N2OS/c1-19(2)29(18-21-10-5-4-6-11-21)27(30)17-25-20(3)28-26(31-25)16-23-14-9-13-22-12-7-8-15-24(22)23/h4-15,19H,16-18H2,1-3H3. The zero-order chi connectivity index (χ0) is 21.8. The Kier molecular flexibility index (Phi) is 6.47. The first kappa shape index (κ1) is 21.3. The fraction of sp³-hybridized carbons (Fsp3) is 0.259. The predicted octanol–water partition coefficient (Wildman–Crippen LogP) is 6.18. The van der Waals surface area contributed by atoms with E-state index in [2.05, 4.69) is 68.4 Å². The van der Waals surface area contributed by atoms with Gasteiger partial charge in [-0.25, -0.2) is 4.98 Å². The number of nitrogens with zero attached hydrogens (tertiary/aromatic N) is 2. The summed E-state index contributed by atoms with van der Waals surface area (Å²) < 4.78 is 0. The zero-order valence-electron chi connectivity index (χ0n) is 18.3. The van der Waals surface area contributed by atoms with Gasteiger partial charge in [-0.2, -0.15) is 0 Å². The highest BCUT2D eigenvalue weighted by atomic mass is 32.1. The molecule has 1 heterocycles. The molecule has 31 heavy (non-hydrogen) atoms. The largest absolute Gasteiger partial charge is 0.336 e. The minimum atomic E-state index is 0.149. The zero-order valence-corrected chi connectivity index (χ0v) is 19.2. The Morgan fingerprint density at radius 2 is 1.68 bits per heavy atom. The summed E-state index contributed by atoms with van der Waals surface area (Å²) in [5.41, 5.74) is 3.40. The molecule has 0 aliphatic rings. The first-order chi connectivity index (χ1) is 15.0. The summed E-state index contributed by atoms with van der Waals surface area (Å²) in [5, 5.41) is 3.58. The predicted molar refractivity (Wildman–Crippen MR) is 129 cm³/mol. The second kappa shape index (κ2) is 9.44. The fourth-order valence-electron chi connectivity index (χ4n) is 3.92. The van der Waals surface area contributed by atoms with Gasteiger partial charge in [-0.15, -0.1) is 11.3 Å². The molecule has 0 N–H and O–H groups in total. The van der Waals surface area contributed by atoms with E-state index in [1.807, 2.05) is 30.0 Å². The molecule has 0 unspecified atom stereocenters. The molecule has 4 heteroatoms. The minimum absolute atomic E-state index is 0.149. The number of benzene rings is 3. The maximum Gasteiger partial charge on any atom is 0.228 e. The van der Waals surface area contributed by atoms with Crippen molar-refractivity contribution >= 4 is 28.0 Å². The molecule has 0 bridgehead atoms. The van der Waals surface area contributed by atoms with Gasteiger partial charge in [0.2, 0.25) is 5.91 Å². The normalized spacial score (nSPS) is 11.2. The molecular formula is C27H28N2OS. The molecule has 0 saturated heterocycles. The molecule has 4 rings (SSSR count). The lowest BCUT2D eigenvalue weighted by Gasteiger charge is -2.27. The highest BCUT2D eigenvalue weighted by molar-refractivity contribution is 7.11. The summed E-state index contributed by atoms with van der Waals surface area (Å²) >= 11 is 1.67. The number of carbonyl (C=O) groups excluding carboxylic acids is 1. The Morgan fingerprint density at radius 1 is 0.968 bits per heavy atom. The van der Waals surface area contributed by atoms with Crippen LogP contribution in [0, 0.1) is 6.92 Å². The van der Waals surface area contributed by atoms with Crippen LogP contribution in [0.2, 0.25) is 0 Å². The van der Waals surface area contributed by atoms with E-state index in [0.717, 1.165) is 27.6 Å². The third-order valence-electron chi connectivity index (χ3n) is 5.61. The average molecular weight is 429 g/mol. The van der Waals surface area contributed by atoms with Crippen LogP contribution in [0.1, 0.15) is 40.6 Å². The lowest BCUT2D eigenvalue weighted by Crippen LogP contribution is -2.37. The molecule has 1 aromatic heterocycles. The molecule has 0 aliphatic heterocycles. The average Bonchev–Trinajstić information content (AvgIpc) is 3.11. The van der Waals surface area contributed by atoms with E-state index in [4.69, 9.17) is 4.98 Å². The first-order valence-electron chi connectivity index (χ1n) is 10.8. The van der Waals surface area contributed by atoms with Crippen molar-refractivity contribution in [2.24, 2.45) is 0 Å². The molecular weight excluding hydrogens is 400 g/mol. The van der Waals surface area contributed by atoms with Crippen molar-refractivity contribution in [3.8, 4) is 0 Å². The van der Waals surface area contributed by atoms with Crippen LogP contribution >= 0.6 is 11.3 Å². The molecule has 0 spiro atoms. The maximum absolute atomic E-state index is 13.2. The smallest absolute Gasteiger partial charge is 0.228 e. The molecule has 3 aromatic carbocycles. The minimum Gasteiger partial charge on any atom is -0.336 e. The van der Waals surface area contributed by atoms with Crippen LogP contribution in [0.3, 0.4) is 0 Å². The van der Waals surface area contributed by atoms with Crippen molar-refractivity contribution in [1.29, 1.82) is 0 Å². The number of aromatic nitrogens is 1. The number of hydrogen-bond donors (Lipinski definition) is 0. The van der Waals surface area contributed by atoms with Gasteiger partial charge < -0.3 is 4.90 Å². The lowest BCUT2D eigenvalue weighted by atomic mass is 10.0. The molecule has 0 atom stereocenters. The van der Waals surface area contributed by atoms with Gasteiger partial charge >= 0.3 is 0 Å². The van der Waals surface area contributed by atoms with Crippen molar-refractivity contribution in [2.45, 2.75) is 46.2 Å². The van der Waals surface area contributed by atoms with Gasteiger partial charge in [-0.3, -0.25) is 4.79 Å². The number of rotatable bonds is 7. The van der Waals surface area contributed by atoms with Gasteiger partial charge in [0.05, 0.1) is 17.1 Å². The third kappa shape index (κ3) is 5.02. The maximum atomic E-state index is 13.2. The second-order valence-corrected chi connectivity index (χ2v) is 9.38. The van der Waals surface area contributed by atoms with Crippen molar-refractivity contribution < 1.29 is 4.79 Å². The van der Waals surface area contributed by atoms with Crippen LogP contribution in [-0.4, -0.2) is 21.8 Å². The number of hydrogen-bond acceptors (Lipinski definition) is 3. The van der Waals surface area contributed by atoms with Crippen LogP contribution in [0.15, 0.2) is 72.8 Å². The lowest BCUT2D eigenvalue weighted by molar-refractivity contribution is -0.132. The molecule has 0 aliphatic carbocycles. The van der Waals surface area contributed by atoms with Crippen LogP contribution in [0.4, 0.5) is 0 Å². The molecule has 3 nitrogen and oxygen atoms in total. The monoisotopic (exact) mass is 428 g/mol. The third-order valence-corrected chi connectivity index (χ3v) is 6.77. The van der Waals surface area contributed by atoms with E-state index >= 15 is 0 Å². The van der Waals surface area contributed by atoms with Gasteiger partial charge in [-0.1, -0.05) is 72.8 Å². The summed E-state index contributed by atoms with van der Waals surface area (Å²) in [4.78, 5) is 21.0. The van der Waals surface area contributed by atoms with E-state index in [9.17, 15) is 4.79 Å². The number of aryl methyl sites for hydroxylation is 1. The molecule has 4 aromatic rings. The van der Waals surface area contributed by atoms with E-state index in [1.54, 1.807) is 11.3 Å². The van der Waals surface area contributed by atoms with Gasteiger partial charge in [0.1, 0.15) is 0 Å². The Balaban J connectivity index is 1.51. The number of thiazole rings is 1. The Labute approximate surface area is 188 Å². The molecule has 1 amide bonds. The van der Waals surface area contributed by atoms with E-state index in [-0.39, 0.29) is 11.9 Å². The van der Waals surface area contributed by atoms with Crippen LogP contribution in [0.25, 0.3) is 10.8 Å². The van der Waals surface area contributed by atoms with Gasteiger partial charge in [0.15, 0.2) is 0 Å². The molecule has 0 saturated carbocycles. The Hall–Kier alpha value is -2.98. The highest BCUT2D eigenvalue weighted by Gasteiger charge is 2.20. The van der Waals surface area contributed by atoms with E-state index < -0.39 is 0 Å². The molecule has 0 fully saturated rings. The van der Waals surface area contributed by atoms with Crippen molar-refractivity contribution in [3.63, 3.8) is 0 Å². The number of fused-ring (bicyclic) bond motifs is 1. The summed E-state index contributed by atoms with van der Waals surface area (Å²) in [5.74, 6) is 0.155. The highest BCUT2D eigenvalue weighted by Crippen LogP contribution is 2.26. The first-order valence-corrected chi connectivity index (χ1v) is 11.6. The van der Waals surface area contributed by atoms with Crippen LogP contribution in [-0.2, 0) is 24.2 Å². The quantitative estimate of drug-likeness (QED) is 0.352. The topological polar surface area (TPSA) is 33.2 Å². The van der Waals surface area contributed by atoms with Crippen molar-refractivity contribution in [1.82, 2.24) is 9.88 Å². The van der Waals surface area contributed by atoms with Gasteiger partial charge in [0, 0.05) is 23.9 Å². The van der Waals surface area contributed by atoms with Gasteiger partial charge in [-0.05, 0) is 42.7 Å². The Bertz CT molecular complexity index is 1180. The number of amides is 1. The van der Waals surface area contributed by atoms with Crippen LogP contribution < -0.4 is 0 Å².